The van der Waals surface area contributed by atoms with Gasteiger partial charge in [0.1, 0.15) is 5.75 Å². The number of methoxy groups -OCH3 is 1. The highest BCUT2D eigenvalue weighted by Crippen LogP contribution is 2.21. The van der Waals surface area contributed by atoms with Crippen LogP contribution in [0.15, 0.2) is 22.7 Å². The van der Waals surface area contributed by atoms with Crippen molar-refractivity contribution in [1.82, 2.24) is 5.32 Å². The molecule has 6 nitrogen and oxygen atoms in total. The second-order valence-corrected chi connectivity index (χ2v) is 4.35. The van der Waals surface area contributed by atoms with E-state index in [4.69, 9.17) is 5.11 Å². The molecule has 0 saturated heterocycles. The molecule has 98 valence electrons. The SMILES string of the molecule is COC(CNC(=O)c1cc(Br)ccc1O)C(=O)O. The molecule has 3 N–H and O–H groups in total. The predicted octanol–water partition coefficient (Wildman–Crippen LogP) is 0.984. The van der Waals surface area contributed by atoms with Gasteiger partial charge in [0.2, 0.25) is 0 Å². The van der Waals surface area contributed by atoms with Crippen molar-refractivity contribution < 1.29 is 24.5 Å². The lowest BCUT2D eigenvalue weighted by molar-refractivity contribution is -0.147. The van der Waals surface area contributed by atoms with Crippen molar-refractivity contribution in [2.24, 2.45) is 0 Å². The molecule has 1 unspecified atom stereocenters. The molecule has 1 aromatic carbocycles. The number of carbonyl (C=O) groups is 2. The summed E-state index contributed by atoms with van der Waals surface area (Å²) in [6.07, 6.45) is -1.12. The van der Waals surface area contributed by atoms with E-state index in [-0.39, 0.29) is 17.9 Å². The Balaban J connectivity index is 2.71. The van der Waals surface area contributed by atoms with Crippen molar-refractivity contribution in [3.63, 3.8) is 0 Å². The van der Waals surface area contributed by atoms with Gasteiger partial charge < -0.3 is 20.3 Å². The third-order valence-electron chi connectivity index (χ3n) is 2.21. The Kier molecular flexibility index (Phi) is 5.11. The highest BCUT2D eigenvalue weighted by Gasteiger charge is 2.18. The number of ether oxygens (including phenoxy) is 1. The van der Waals surface area contributed by atoms with Gasteiger partial charge in [0, 0.05) is 11.6 Å². The minimum absolute atomic E-state index is 0.0598. The molecule has 0 spiro atoms. The molecule has 0 aliphatic rings. The molecular weight excluding hydrogens is 306 g/mol. The van der Waals surface area contributed by atoms with Gasteiger partial charge in [0.25, 0.3) is 5.91 Å². The highest BCUT2D eigenvalue weighted by atomic mass is 79.9. The fourth-order valence-corrected chi connectivity index (χ4v) is 1.60. The molecule has 0 aromatic heterocycles. The van der Waals surface area contributed by atoms with Gasteiger partial charge in [-0.15, -0.1) is 0 Å². The molecule has 0 fully saturated rings. The van der Waals surface area contributed by atoms with E-state index < -0.39 is 18.0 Å². The number of rotatable bonds is 5. The number of halogens is 1. The number of amides is 1. The molecule has 0 radical (unpaired) electrons. The number of aromatic hydroxyl groups is 1. The van der Waals surface area contributed by atoms with E-state index in [0.29, 0.717) is 4.47 Å². The van der Waals surface area contributed by atoms with E-state index >= 15 is 0 Å². The average Bonchev–Trinajstić information content (AvgIpc) is 2.32. The normalized spacial score (nSPS) is 11.9. The zero-order valence-corrected chi connectivity index (χ0v) is 11.1. The zero-order valence-electron chi connectivity index (χ0n) is 9.51. The summed E-state index contributed by atoms with van der Waals surface area (Å²) in [5, 5.41) is 20.6. The number of nitrogens with one attached hydrogen (secondary N) is 1. The number of phenols is 1. The Hall–Kier alpha value is -1.60. The first kappa shape index (κ1) is 14.5. The third-order valence-corrected chi connectivity index (χ3v) is 2.70. The zero-order chi connectivity index (χ0) is 13.7. The summed E-state index contributed by atoms with van der Waals surface area (Å²) in [4.78, 5) is 22.4. The summed E-state index contributed by atoms with van der Waals surface area (Å²) in [5.74, 6) is -1.92. The lowest BCUT2D eigenvalue weighted by atomic mass is 10.2. The van der Waals surface area contributed by atoms with Gasteiger partial charge in [-0.05, 0) is 18.2 Å². The van der Waals surface area contributed by atoms with E-state index in [1.165, 1.54) is 19.2 Å². The van der Waals surface area contributed by atoms with Crippen LogP contribution in [0, 0.1) is 0 Å². The molecular formula is C11H12BrNO5. The lowest BCUT2D eigenvalue weighted by Gasteiger charge is -2.12. The van der Waals surface area contributed by atoms with E-state index in [2.05, 4.69) is 26.0 Å². The summed E-state index contributed by atoms with van der Waals surface area (Å²) in [5.41, 5.74) is 0.0598. The largest absolute Gasteiger partial charge is 0.507 e. The Morgan fingerprint density at radius 3 is 2.72 bits per heavy atom. The third kappa shape index (κ3) is 3.71. The first-order valence-corrected chi connectivity index (χ1v) is 5.77. The molecule has 0 heterocycles. The van der Waals surface area contributed by atoms with Gasteiger partial charge in [-0.1, -0.05) is 15.9 Å². The first-order chi connectivity index (χ1) is 8.45. The molecule has 1 atom stereocenters. The van der Waals surface area contributed by atoms with E-state index in [0.717, 1.165) is 0 Å². The smallest absolute Gasteiger partial charge is 0.334 e. The van der Waals surface area contributed by atoms with Crippen molar-refractivity contribution in [3.05, 3.63) is 28.2 Å². The van der Waals surface area contributed by atoms with Crippen molar-refractivity contribution in [3.8, 4) is 5.75 Å². The second-order valence-electron chi connectivity index (χ2n) is 3.43. The van der Waals surface area contributed by atoms with Gasteiger partial charge in [-0.3, -0.25) is 4.79 Å². The maximum Gasteiger partial charge on any atom is 0.334 e. The quantitative estimate of drug-likeness (QED) is 0.752. The number of carbonyl (C=O) groups excluding carboxylic acids is 1. The van der Waals surface area contributed by atoms with Crippen LogP contribution in [0.4, 0.5) is 0 Å². The topological polar surface area (TPSA) is 95.9 Å². The standard InChI is InChI=1S/C11H12BrNO5/c1-18-9(11(16)17)5-13-10(15)7-4-6(12)2-3-8(7)14/h2-4,9,14H,5H2,1H3,(H,13,15)(H,16,17). The highest BCUT2D eigenvalue weighted by molar-refractivity contribution is 9.10. The Morgan fingerprint density at radius 2 is 2.17 bits per heavy atom. The summed E-state index contributed by atoms with van der Waals surface area (Å²) >= 11 is 3.17. The van der Waals surface area contributed by atoms with Crippen LogP contribution in [0.5, 0.6) is 5.75 Å². The van der Waals surface area contributed by atoms with Crippen LogP contribution in [0.25, 0.3) is 0 Å². The van der Waals surface area contributed by atoms with Crippen molar-refractivity contribution in [2.75, 3.05) is 13.7 Å². The van der Waals surface area contributed by atoms with Gasteiger partial charge in [-0.25, -0.2) is 4.79 Å². The number of hydrogen-bond acceptors (Lipinski definition) is 4. The van der Waals surface area contributed by atoms with Crippen LogP contribution in [-0.4, -0.2) is 41.8 Å². The van der Waals surface area contributed by atoms with Crippen molar-refractivity contribution in [2.45, 2.75) is 6.10 Å². The van der Waals surface area contributed by atoms with E-state index in [9.17, 15) is 14.7 Å². The number of benzene rings is 1. The molecule has 0 saturated carbocycles. The summed E-state index contributed by atoms with van der Waals surface area (Å²) in [7, 11) is 1.24. The first-order valence-electron chi connectivity index (χ1n) is 4.98. The van der Waals surface area contributed by atoms with Crippen LogP contribution < -0.4 is 5.32 Å². The van der Waals surface area contributed by atoms with Crippen LogP contribution >= 0.6 is 15.9 Å². The predicted molar refractivity (Wildman–Crippen MR) is 66.6 cm³/mol. The van der Waals surface area contributed by atoms with E-state index in [1.54, 1.807) is 6.07 Å². The van der Waals surface area contributed by atoms with Crippen molar-refractivity contribution in [1.29, 1.82) is 0 Å². The number of aliphatic carboxylic acids is 1. The van der Waals surface area contributed by atoms with Crippen LogP contribution in [0.1, 0.15) is 10.4 Å². The molecule has 0 aliphatic carbocycles. The maximum absolute atomic E-state index is 11.7. The molecule has 0 aliphatic heterocycles. The van der Waals surface area contributed by atoms with Crippen molar-refractivity contribution >= 4 is 27.8 Å². The number of carboxylic acid groups (broad SMARTS) is 1. The molecule has 1 aromatic rings. The molecule has 0 bridgehead atoms. The van der Waals surface area contributed by atoms with Crippen LogP contribution in [0.3, 0.4) is 0 Å². The summed E-state index contributed by atoms with van der Waals surface area (Å²) in [6, 6.07) is 4.39. The maximum atomic E-state index is 11.7. The minimum Gasteiger partial charge on any atom is -0.507 e. The molecule has 1 amide bonds. The Labute approximate surface area is 112 Å². The Morgan fingerprint density at radius 1 is 1.50 bits per heavy atom. The fraction of sp³-hybridized carbons (Fsp3) is 0.273. The van der Waals surface area contributed by atoms with Gasteiger partial charge in [0.15, 0.2) is 6.10 Å². The lowest BCUT2D eigenvalue weighted by Crippen LogP contribution is -2.37. The average molecular weight is 318 g/mol. The fourth-order valence-electron chi connectivity index (χ4n) is 1.24. The van der Waals surface area contributed by atoms with Crippen LogP contribution in [-0.2, 0) is 9.53 Å². The van der Waals surface area contributed by atoms with Gasteiger partial charge >= 0.3 is 5.97 Å². The molecule has 1 rings (SSSR count). The molecule has 7 heteroatoms. The molecule has 18 heavy (non-hydrogen) atoms. The number of carboxylic acids is 1. The summed E-state index contributed by atoms with van der Waals surface area (Å²) < 4.78 is 5.30. The van der Waals surface area contributed by atoms with Gasteiger partial charge in [-0.2, -0.15) is 0 Å². The Bertz CT molecular complexity index is 463. The van der Waals surface area contributed by atoms with Gasteiger partial charge in [0.05, 0.1) is 12.1 Å². The minimum atomic E-state index is -1.17. The second kappa shape index (κ2) is 6.36. The summed E-state index contributed by atoms with van der Waals surface area (Å²) in [6.45, 7) is -0.184. The van der Waals surface area contributed by atoms with Crippen LogP contribution in [0.2, 0.25) is 0 Å². The number of phenolic OH excluding ortho intramolecular Hbond substituents is 1. The van der Waals surface area contributed by atoms with E-state index in [1.807, 2.05) is 0 Å². The monoisotopic (exact) mass is 317 g/mol. The number of hydrogen-bond donors (Lipinski definition) is 3.